The van der Waals surface area contributed by atoms with Crippen LogP contribution in [0.3, 0.4) is 0 Å². The van der Waals surface area contributed by atoms with Crippen LogP contribution in [0.25, 0.3) is 11.1 Å². The van der Waals surface area contributed by atoms with Crippen LogP contribution in [-0.2, 0) is 66.8 Å². The number of rotatable bonds is 12. The van der Waals surface area contributed by atoms with Crippen LogP contribution in [0.1, 0.15) is 131 Å². The number of carbonyl (C=O) groups excluding carboxylic acids is 7. The molecule has 4 saturated heterocycles. The SMILES string of the molecule is Cc1cc2ccc1Oc1cc3cc(c1O[C@@H]1O[C@H](CO)[C@H](O)[C@H](O)[C@@H]1O[C@@H]1C[C@](C)(N)[C@H](O)[C@H](C)O1)Oc1ccc(cc1)[C@H]1OC[C@@H](CC(C)C)C(=O)N[C@H]1C(=O)N[C@@H](CC(N)=O)C(=O)N[C@H]3C(=O)N[C@@H]1C(=O)N[C@@H](C(=O)N[C@H](C(=O)O)c3cc(O)cc(O)c3-c3cc1ccc3O)[C@H]2O[C@@H]1C[C@](C)(N)[C@H](O)[C@H](C)O1. The number of carboxylic acid groups (broad SMARTS) is 1. The standard InChI is InChI=1S/C74H89N9O26/c1-28(2)16-36-27-101-59-32-8-12-38(13-9-32)104-45-19-35-20-46(61(45)109-72-62(58(90)57(89)47(26-84)106-72)108-50-25-74(7,77)64(92)31(5)103-50)105-44-15-11-34(17-29(44)3)60(107-49-24-73(6,76)63(91)30(4)102-49)56-70(98)81-54(71(99)100)40-21-37(85)22-43(87)51(40)39-18-33(10-14-42(39)86)52(67(95)83-56)80-68(96)53(35)79-66(94)41(23-48(75)88)78-69(97)55(59)82-65(36)93/h8-15,17-22,28,30-31,36,41,47,49-50,52-60,62-64,72,84-87,89-92H,16,23-27,76-77H2,1-7H3,(H2,75,88)(H,78,97)(H,79,94)(H,80,96)(H,81,98)(H,82,93)(H,83,95)(H,99,100)/t30-,31-,36+,41-,47+,49+,50+,52-,53+,54-,55+,56+,57-,58-,59+,60-,62-,63+,64+,72-,73-,74-/m0/s1. The molecule has 9 aliphatic rings. The molecule has 0 aromatic heterocycles. The first-order valence-corrected chi connectivity index (χ1v) is 35.4. The number of aryl methyl sites for hydroxylation is 1. The molecule has 14 rings (SSSR count). The number of ether oxygens (including phenoxy) is 9. The summed E-state index contributed by atoms with van der Waals surface area (Å²) in [5.74, 6) is -14.7. The first-order valence-electron chi connectivity index (χ1n) is 35.4. The zero-order chi connectivity index (χ0) is 78.7. The average molecular weight is 1520 g/mol. The van der Waals surface area contributed by atoms with E-state index in [1.165, 1.54) is 77.1 Å². The first-order chi connectivity index (χ1) is 51.5. The van der Waals surface area contributed by atoms with Crippen molar-refractivity contribution in [2.75, 3.05) is 13.2 Å². The van der Waals surface area contributed by atoms with Gasteiger partial charge >= 0.3 is 5.97 Å². The number of fused-ring (bicyclic) bond motifs is 13. The van der Waals surface area contributed by atoms with E-state index in [-0.39, 0.29) is 64.7 Å². The van der Waals surface area contributed by atoms with Crippen LogP contribution >= 0.6 is 0 Å². The molecule has 7 amide bonds. The number of primary amides is 1. The fourth-order valence-corrected chi connectivity index (χ4v) is 14.8. The number of carbonyl (C=O) groups is 8. The normalized spacial score (nSPS) is 33.5. The quantitative estimate of drug-likeness (QED) is 0.0804. The number of nitrogens with two attached hydrogens (primary N) is 3. The summed E-state index contributed by atoms with van der Waals surface area (Å²) in [7, 11) is 0. The van der Waals surface area contributed by atoms with E-state index >= 15 is 24.0 Å². The van der Waals surface area contributed by atoms with Crippen LogP contribution < -0.4 is 63.3 Å². The third-order valence-corrected chi connectivity index (χ3v) is 20.5. The molecule has 11 bridgehead atoms. The van der Waals surface area contributed by atoms with Gasteiger partial charge in [0.2, 0.25) is 53.4 Å². The van der Waals surface area contributed by atoms with Crippen molar-refractivity contribution < 1.29 is 127 Å². The molecule has 0 unspecified atom stereocenters. The highest BCUT2D eigenvalue weighted by molar-refractivity contribution is 6.00. The molecule has 586 valence electrons. The van der Waals surface area contributed by atoms with E-state index in [0.717, 1.165) is 42.5 Å². The molecule has 9 heterocycles. The fraction of sp³-hybridized carbons (Fsp3) is 0.486. The molecule has 0 spiro atoms. The monoisotopic (exact) mass is 1520 g/mol. The Kier molecular flexibility index (Phi) is 22.6. The molecule has 109 heavy (non-hydrogen) atoms. The number of hydrogen-bond acceptors (Lipinski definition) is 27. The van der Waals surface area contributed by atoms with Crippen molar-refractivity contribution in [3.63, 3.8) is 0 Å². The van der Waals surface area contributed by atoms with Gasteiger partial charge in [0, 0.05) is 46.7 Å². The number of nitrogens with one attached hydrogen (secondary N) is 6. The number of carboxylic acids is 1. The zero-order valence-electron chi connectivity index (χ0n) is 60.1. The second-order valence-electron chi connectivity index (χ2n) is 29.6. The Balaban J connectivity index is 1.12. The molecule has 22 atom stereocenters. The molecule has 5 aromatic rings. The van der Waals surface area contributed by atoms with E-state index < -0.39 is 245 Å². The zero-order valence-corrected chi connectivity index (χ0v) is 60.1. The molecular formula is C74H89N9O26. The smallest absolute Gasteiger partial charge is 0.330 e. The van der Waals surface area contributed by atoms with Gasteiger partial charge in [0.15, 0.2) is 36.2 Å². The number of aliphatic hydroxyl groups excluding tert-OH is 5. The molecule has 0 radical (unpaired) electrons. The van der Waals surface area contributed by atoms with Gasteiger partial charge in [-0.1, -0.05) is 38.1 Å². The van der Waals surface area contributed by atoms with Gasteiger partial charge < -0.3 is 138 Å². The predicted molar refractivity (Wildman–Crippen MR) is 375 cm³/mol. The highest BCUT2D eigenvalue weighted by atomic mass is 16.8. The lowest BCUT2D eigenvalue weighted by molar-refractivity contribution is -0.333. The third kappa shape index (κ3) is 16.4. The second kappa shape index (κ2) is 31.3. The van der Waals surface area contributed by atoms with Gasteiger partial charge in [-0.15, -0.1) is 0 Å². The number of aromatic hydroxyl groups is 3. The summed E-state index contributed by atoms with van der Waals surface area (Å²) in [5, 5.41) is 118. The maximum Gasteiger partial charge on any atom is 0.330 e. The summed E-state index contributed by atoms with van der Waals surface area (Å²) in [4.78, 5) is 120. The maximum atomic E-state index is 16.4. The Morgan fingerprint density at radius 2 is 1.23 bits per heavy atom. The summed E-state index contributed by atoms with van der Waals surface area (Å²) in [6.07, 6.45) is -21.0. The van der Waals surface area contributed by atoms with E-state index in [4.69, 9.17) is 59.8 Å². The Morgan fingerprint density at radius 1 is 0.633 bits per heavy atom. The van der Waals surface area contributed by atoms with Crippen molar-refractivity contribution >= 4 is 47.3 Å². The van der Waals surface area contributed by atoms with Crippen LogP contribution in [0.5, 0.6) is 46.0 Å². The highest BCUT2D eigenvalue weighted by Crippen LogP contribution is 2.49. The lowest BCUT2D eigenvalue weighted by Gasteiger charge is -2.47. The van der Waals surface area contributed by atoms with Crippen LogP contribution in [0, 0.1) is 18.8 Å². The van der Waals surface area contributed by atoms with Crippen molar-refractivity contribution in [2.45, 2.75) is 201 Å². The second-order valence-corrected chi connectivity index (χ2v) is 29.6. The molecule has 0 saturated carbocycles. The van der Waals surface area contributed by atoms with E-state index in [1.54, 1.807) is 0 Å². The lowest BCUT2D eigenvalue weighted by Crippen LogP contribution is -2.64. The van der Waals surface area contributed by atoms with E-state index in [1.807, 2.05) is 13.8 Å². The van der Waals surface area contributed by atoms with Crippen LogP contribution in [0.2, 0.25) is 0 Å². The van der Waals surface area contributed by atoms with Gasteiger partial charge in [-0.2, -0.15) is 0 Å². The maximum absolute atomic E-state index is 16.4. The van der Waals surface area contributed by atoms with E-state index in [0.29, 0.717) is 6.42 Å². The molecule has 35 heteroatoms. The Morgan fingerprint density at radius 3 is 1.85 bits per heavy atom. The molecule has 9 aliphatic heterocycles. The first kappa shape index (κ1) is 78.7. The number of benzene rings is 5. The number of aliphatic hydroxyl groups is 5. The Labute approximate surface area is 622 Å². The minimum atomic E-state index is -2.27. The molecule has 0 aliphatic carbocycles. The number of aliphatic carboxylic acids is 1. The molecule has 5 aromatic carbocycles. The van der Waals surface area contributed by atoms with Gasteiger partial charge in [-0.3, -0.25) is 33.6 Å². The van der Waals surface area contributed by atoms with E-state index in [9.17, 15) is 60.3 Å². The van der Waals surface area contributed by atoms with Crippen LogP contribution in [0.15, 0.2) is 84.9 Å². The average Bonchev–Trinajstić information content (AvgIpc) is 1.15. The number of hydrogen-bond donors (Lipinski definition) is 18. The molecule has 4 fully saturated rings. The van der Waals surface area contributed by atoms with Gasteiger partial charge in [-0.25, -0.2) is 4.79 Å². The lowest BCUT2D eigenvalue weighted by atomic mass is 9.86. The largest absolute Gasteiger partial charge is 0.508 e. The minimum absolute atomic E-state index is 0.00347. The van der Waals surface area contributed by atoms with Crippen molar-refractivity contribution in [2.24, 2.45) is 29.0 Å². The summed E-state index contributed by atoms with van der Waals surface area (Å²) < 4.78 is 58.7. The van der Waals surface area contributed by atoms with Crippen LogP contribution in [0.4, 0.5) is 0 Å². The Hall–Kier alpha value is -9.86. The summed E-state index contributed by atoms with van der Waals surface area (Å²) in [6, 6.07) is 4.69. The summed E-state index contributed by atoms with van der Waals surface area (Å²) in [6.45, 7) is 10.2. The van der Waals surface area contributed by atoms with Gasteiger partial charge in [0.25, 0.3) is 0 Å². The minimum Gasteiger partial charge on any atom is -0.508 e. The summed E-state index contributed by atoms with van der Waals surface area (Å²) in [5.41, 5.74) is 14.5. The molecular weight excluding hydrogens is 1430 g/mol. The number of amides is 7. The highest BCUT2D eigenvalue weighted by Gasteiger charge is 2.53. The van der Waals surface area contributed by atoms with Crippen molar-refractivity contribution in [3.05, 3.63) is 118 Å². The Bertz CT molecular complexity index is 4350. The summed E-state index contributed by atoms with van der Waals surface area (Å²) >= 11 is 0. The van der Waals surface area contributed by atoms with Crippen molar-refractivity contribution in [1.82, 2.24) is 31.9 Å². The van der Waals surface area contributed by atoms with Crippen LogP contribution in [-0.4, -0.2) is 203 Å². The third-order valence-electron chi connectivity index (χ3n) is 20.5. The van der Waals surface area contributed by atoms with Gasteiger partial charge in [0.1, 0.15) is 89.5 Å². The predicted octanol–water partition coefficient (Wildman–Crippen LogP) is 0.411. The van der Waals surface area contributed by atoms with Gasteiger partial charge in [0.05, 0.1) is 50.0 Å². The number of phenols is 3. The van der Waals surface area contributed by atoms with Crippen molar-refractivity contribution in [3.8, 4) is 57.1 Å². The van der Waals surface area contributed by atoms with Crippen molar-refractivity contribution in [1.29, 1.82) is 0 Å². The molecule has 35 nitrogen and oxygen atoms in total. The molecule has 21 N–H and O–H groups in total. The fourth-order valence-electron chi connectivity index (χ4n) is 14.8. The number of phenolic OH excluding ortho intramolecular Hbond substituents is 3. The topological polar surface area (TPSA) is 552 Å². The van der Waals surface area contributed by atoms with E-state index in [2.05, 4.69) is 31.9 Å². The van der Waals surface area contributed by atoms with Gasteiger partial charge in [-0.05, 0) is 129 Å².